The molecule has 116 valence electrons. The van der Waals surface area contributed by atoms with Crippen molar-refractivity contribution in [1.82, 2.24) is 19.7 Å². The molecule has 0 radical (unpaired) electrons. The molecule has 0 N–H and O–H groups in total. The predicted octanol–water partition coefficient (Wildman–Crippen LogP) is 1.90. The Kier molecular flexibility index (Phi) is 4.60. The second-order valence-electron chi connectivity index (χ2n) is 5.17. The minimum Gasteiger partial charge on any atom is -0.304 e. The van der Waals surface area contributed by atoms with E-state index in [1.165, 1.54) is 18.0 Å². The first-order valence-electron chi connectivity index (χ1n) is 7.14. The molecule has 0 aliphatic carbocycles. The lowest BCUT2D eigenvalue weighted by molar-refractivity contribution is 0.0579. The molecule has 0 atom stereocenters. The number of carbonyl (C=O) groups is 1. The van der Waals surface area contributed by atoms with E-state index in [0.717, 1.165) is 24.5 Å². The van der Waals surface area contributed by atoms with Gasteiger partial charge in [0, 0.05) is 32.7 Å². The van der Waals surface area contributed by atoms with Crippen molar-refractivity contribution >= 4 is 17.7 Å². The van der Waals surface area contributed by atoms with Gasteiger partial charge in [0.15, 0.2) is 0 Å². The second-order valence-corrected chi connectivity index (χ2v) is 5.60. The van der Waals surface area contributed by atoms with E-state index in [1.807, 2.05) is 18.2 Å². The zero-order chi connectivity index (χ0) is 15.4. The molecule has 1 aliphatic heterocycles. The van der Waals surface area contributed by atoms with Crippen LogP contribution in [0.5, 0.6) is 0 Å². The van der Waals surface area contributed by atoms with Crippen LogP contribution >= 0.6 is 11.6 Å². The molecule has 22 heavy (non-hydrogen) atoms. The Morgan fingerprint density at radius 3 is 2.55 bits per heavy atom. The van der Waals surface area contributed by atoms with Gasteiger partial charge < -0.3 is 4.90 Å². The highest BCUT2D eigenvalue weighted by molar-refractivity contribution is 6.30. The van der Waals surface area contributed by atoms with Crippen molar-refractivity contribution in [2.24, 2.45) is 0 Å². The fraction of sp³-hybridized carbons (Fsp3) is 0.333. The summed E-state index contributed by atoms with van der Waals surface area (Å²) in [5.41, 5.74) is 1.28. The highest BCUT2D eigenvalue weighted by atomic mass is 35.5. The van der Waals surface area contributed by atoms with Gasteiger partial charge in [0.1, 0.15) is 0 Å². The van der Waals surface area contributed by atoms with Gasteiger partial charge in [-0.25, -0.2) is 4.79 Å². The number of rotatable bonds is 3. The number of halogens is 1. The number of hydrogen-bond acceptors (Lipinski definition) is 4. The van der Waals surface area contributed by atoms with Gasteiger partial charge in [0.25, 0.3) is 0 Å². The summed E-state index contributed by atoms with van der Waals surface area (Å²) in [6.07, 6.45) is 2.47. The quantitative estimate of drug-likeness (QED) is 0.867. The average Bonchev–Trinajstić information content (AvgIpc) is 2.94. The summed E-state index contributed by atoms with van der Waals surface area (Å²) in [6, 6.07) is 10.3. The minimum absolute atomic E-state index is 0.404. The molecule has 0 saturated carbocycles. The molecule has 2 heterocycles. The summed E-state index contributed by atoms with van der Waals surface area (Å²) in [7, 11) is 0. The van der Waals surface area contributed by atoms with Crippen molar-refractivity contribution in [1.29, 1.82) is 0 Å². The van der Waals surface area contributed by atoms with Gasteiger partial charge in [-0.2, -0.15) is 0 Å². The van der Waals surface area contributed by atoms with Crippen LogP contribution < -0.4 is 4.84 Å². The number of nitrogens with zero attached hydrogens (tertiary/aromatic N) is 4. The summed E-state index contributed by atoms with van der Waals surface area (Å²) in [5, 5.41) is 4.26. The standard InChI is InChI=1S/C15H17ClN4O2/c16-14-10-17-20(12-14)22-15(21)19-8-6-18(7-9-19)11-13-4-2-1-3-5-13/h1-5,10,12H,6-9,11H2. The number of carbonyl (C=O) groups excluding carboxylic acids is 1. The highest BCUT2D eigenvalue weighted by Gasteiger charge is 2.23. The van der Waals surface area contributed by atoms with Gasteiger partial charge in [-0.1, -0.05) is 46.8 Å². The van der Waals surface area contributed by atoms with Crippen molar-refractivity contribution in [2.45, 2.75) is 6.54 Å². The molecule has 6 nitrogen and oxygen atoms in total. The molecule has 0 unspecified atom stereocenters. The number of piperazine rings is 1. The molecule has 7 heteroatoms. The normalized spacial score (nSPS) is 15.8. The van der Waals surface area contributed by atoms with Crippen LogP contribution in [0.25, 0.3) is 0 Å². The molecule has 1 aliphatic rings. The molecular weight excluding hydrogens is 304 g/mol. The molecule has 1 saturated heterocycles. The molecule has 0 spiro atoms. The maximum Gasteiger partial charge on any atom is 0.436 e. The molecule has 1 aromatic carbocycles. The van der Waals surface area contributed by atoms with Crippen molar-refractivity contribution in [3.05, 3.63) is 53.3 Å². The SMILES string of the molecule is O=C(On1cc(Cl)cn1)N1CCN(Cc2ccccc2)CC1. The van der Waals surface area contributed by atoms with E-state index in [-0.39, 0.29) is 0 Å². The number of aromatic nitrogens is 2. The third kappa shape index (κ3) is 3.78. The van der Waals surface area contributed by atoms with Gasteiger partial charge in [-0.05, 0) is 5.56 Å². The van der Waals surface area contributed by atoms with Crippen LogP contribution in [0.3, 0.4) is 0 Å². The van der Waals surface area contributed by atoms with Gasteiger partial charge in [-0.3, -0.25) is 9.74 Å². The van der Waals surface area contributed by atoms with Crippen molar-refractivity contribution in [3.8, 4) is 0 Å². The van der Waals surface area contributed by atoms with E-state index in [4.69, 9.17) is 16.4 Å². The number of amides is 1. The van der Waals surface area contributed by atoms with E-state index in [1.54, 1.807) is 4.90 Å². The highest BCUT2D eigenvalue weighted by Crippen LogP contribution is 2.09. The zero-order valence-corrected chi connectivity index (χ0v) is 12.8. The third-order valence-corrected chi connectivity index (χ3v) is 3.77. The largest absolute Gasteiger partial charge is 0.436 e. The Hall–Kier alpha value is -2.05. The van der Waals surface area contributed by atoms with Crippen molar-refractivity contribution in [2.75, 3.05) is 26.2 Å². The molecule has 1 fully saturated rings. The Bertz CT molecular complexity index is 623. The lowest BCUT2D eigenvalue weighted by Crippen LogP contribution is -2.50. The first kappa shape index (κ1) is 14.9. The Labute approximate surface area is 133 Å². The maximum atomic E-state index is 12.0. The van der Waals surface area contributed by atoms with Gasteiger partial charge in [0.2, 0.25) is 0 Å². The second kappa shape index (κ2) is 6.81. The van der Waals surface area contributed by atoms with Crippen LogP contribution in [-0.2, 0) is 6.54 Å². The Morgan fingerprint density at radius 1 is 1.18 bits per heavy atom. The van der Waals surface area contributed by atoms with Crippen molar-refractivity contribution < 1.29 is 9.63 Å². The van der Waals surface area contributed by atoms with Gasteiger partial charge in [0.05, 0.1) is 17.4 Å². The summed E-state index contributed by atoms with van der Waals surface area (Å²) >= 11 is 5.73. The summed E-state index contributed by atoms with van der Waals surface area (Å²) in [4.78, 5) is 22.2. The minimum atomic E-state index is -0.404. The van der Waals surface area contributed by atoms with E-state index in [0.29, 0.717) is 18.1 Å². The summed E-state index contributed by atoms with van der Waals surface area (Å²) in [5.74, 6) is 0. The van der Waals surface area contributed by atoms with Gasteiger partial charge >= 0.3 is 6.09 Å². The monoisotopic (exact) mass is 320 g/mol. The number of hydrogen-bond donors (Lipinski definition) is 0. The van der Waals surface area contributed by atoms with Crippen LogP contribution in [0.15, 0.2) is 42.7 Å². The van der Waals surface area contributed by atoms with Crippen LogP contribution in [0.4, 0.5) is 4.79 Å². The molecular formula is C15H17ClN4O2. The molecule has 1 amide bonds. The average molecular weight is 321 g/mol. The maximum absolute atomic E-state index is 12.0. The van der Waals surface area contributed by atoms with E-state index >= 15 is 0 Å². The lowest BCUT2D eigenvalue weighted by atomic mass is 10.2. The smallest absolute Gasteiger partial charge is 0.304 e. The first-order chi connectivity index (χ1) is 10.7. The van der Waals surface area contributed by atoms with Crippen LogP contribution in [0, 0.1) is 0 Å². The predicted molar refractivity (Wildman–Crippen MR) is 82.5 cm³/mol. The Morgan fingerprint density at radius 2 is 1.91 bits per heavy atom. The topological polar surface area (TPSA) is 50.6 Å². The van der Waals surface area contributed by atoms with E-state index in [9.17, 15) is 4.79 Å². The number of benzene rings is 1. The fourth-order valence-electron chi connectivity index (χ4n) is 2.40. The van der Waals surface area contributed by atoms with E-state index in [2.05, 4.69) is 22.1 Å². The molecule has 3 rings (SSSR count). The summed E-state index contributed by atoms with van der Waals surface area (Å²) in [6.45, 7) is 3.83. The fourth-order valence-corrected chi connectivity index (χ4v) is 2.53. The first-order valence-corrected chi connectivity index (χ1v) is 7.52. The van der Waals surface area contributed by atoms with Crippen LogP contribution in [0.2, 0.25) is 5.02 Å². The molecule has 1 aromatic heterocycles. The van der Waals surface area contributed by atoms with E-state index < -0.39 is 6.09 Å². The zero-order valence-electron chi connectivity index (χ0n) is 12.1. The molecule has 0 bridgehead atoms. The third-order valence-electron chi connectivity index (χ3n) is 3.58. The van der Waals surface area contributed by atoms with Crippen LogP contribution in [-0.4, -0.2) is 52.0 Å². The molecule has 2 aromatic rings. The van der Waals surface area contributed by atoms with Crippen molar-refractivity contribution in [3.63, 3.8) is 0 Å². The van der Waals surface area contributed by atoms with Crippen LogP contribution in [0.1, 0.15) is 5.56 Å². The summed E-state index contributed by atoms with van der Waals surface area (Å²) < 4.78 is 0. The Balaban J connectivity index is 1.48. The lowest BCUT2D eigenvalue weighted by Gasteiger charge is -2.33. The van der Waals surface area contributed by atoms with Gasteiger partial charge in [-0.15, -0.1) is 5.10 Å².